The summed E-state index contributed by atoms with van der Waals surface area (Å²) in [6.45, 7) is 5.59. The van der Waals surface area contributed by atoms with Gasteiger partial charge in [0.2, 0.25) is 0 Å². The molecule has 0 spiro atoms. The van der Waals surface area contributed by atoms with Gasteiger partial charge in [-0.15, -0.1) is 0 Å². The Morgan fingerprint density at radius 2 is 2.14 bits per heavy atom. The summed E-state index contributed by atoms with van der Waals surface area (Å²) in [4.78, 5) is 11.4. The predicted octanol–water partition coefficient (Wildman–Crippen LogP) is 3.22. The summed E-state index contributed by atoms with van der Waals surface area (Å²) in [5, 5.41) is 10.3. The minimum atomic E-state index is -0.780. The van der Waals surface area contributed by atoms with Crippen molar-refractivity contribution in [1.82, 2.24) is 0 Å². The Morgan fingerprint density at radius 3 is 2.71 bits per heavy atom. The van der Waals surface area contributed by atoms with Crippen LogP contribution in [0.25, 0.3) is 0 Å². The van der Waals surface area contributed by atoms with Gasteiger partial charge in [0.15, 0.2) is 0 Å². The molecule has 0 heterocycles. The molecule has 5 heteroatoms. The molecule has 1 aromatic carbocycles. The number of aliphatic hydroxyl groups is 1. The van der Waals surface area contributed by atoms with Gasteiger partial charge in [0, 0.05) is 6.42 Å². The van der Waals surface area contributed by atoms with E-state index < -0.39 is 11.6 Å². The number of hydrogen-bond acceptors (Lipinski definition) is 4. The molecule has 0 atom stereocenters. The zero-order chi connectivity index (χ0) is 15.9. The van der Waals surface area contributed by atoms with E-state index in [0.29, 0.717) is 29.9 Å². The average Bonchev–Trinajstić information content (AvgIpc) is 2.36. The Balaban J connectivity index is 2.81. The number of rotatable bonds is 7. The first kappa shape index (κ1) is 17.7. The molecule has 1 rings (SSSR count). The Hall–Kier alpha value is -1.33. The largest absolute Gasteiger partial charge is 0.463 e. The van der Waals surface area contributed by atoms with Crippen molar-refractivity contribution in [2.75, 3.05) is 11.9 Å². The van der Waals surface area contributed by atoms with Gasteiger partial charge in [0.05, 0.1) is 23.6 Å². The molecule has 0 aliphatic rings. The van der Waals surface area contributed by atoms with E-state index in [0.717, 1.165) is 5.56 Å². The molecule has 21 heavy (non-hydrogen) atoms. The smallest absolute Gasteiger partial charge is 0.334 e. The molecule has 0 aromatic heterocycles. The van der Waals surface area contributed by atoms with Crippen molar-refractivity contribution >= 4 is 21.9 Å². The number of alkyl halides is 1. The van der Waals surface area contributed by atoms with Gasteiger partial charge in [-0.05, 0) is 38.5 Å². The van der Waals surface area contributed by atoms with Crippen molar-refractivity contribution < 1.29 is 19.4 Å². The quantitative estimate of drug-likeness (QED) is 0.352. The maximum Gasteiger partial charge on any atom is 0.334 e. The van der Waals surface area contributed by atoms with Crippen LogP contribution in [0.1, 0.15) is 26.3 Å². The van der Waals surface area contributed by atoms with E-state index in [2.05, 4.69) is 15.9 Å². The summed E-state index contributed by atoms with van der Waals surface area (Å²) in [6.07, 6.45) is 1.84. The normalized spacial score (nSPS) is 12.1. The third-order valence-corrected chi connectivity index (χ3v) is 3.03. The van der Waals surface area contributed by atoms with Crippen LogP contribution >= 0.6 is 15.9 Å². The molecule has 0 bridgehead atoms. The highest BCUT2D eigenvalue weighted by atomic mass is 79.9. The maximum atomic E-state index is 11.4. The van der Waals surface area contributed by atoms with Gasteiger partial charge in [-0.3, -0.25) is 0 Å². The maximum absolute atomic E-state index is 11.4. The first-order valence-corrected chi connectivity index (χ1v) is 7.88. The van der Waals surface area contributed by atoms with E-state index in [1.54, 1.807) is 26.8 Å². The number of allylic oxidation sites excluding steroid dienone is 1. The Kier molecular flexibility index (Phi) is 6.92. The Bertz CT molecular complexity index is 503. The molecule has 116 valence electrons. The van der Waals surface area contributed by atoms with E-state index in [1.165, 1.54) is 6.08 Å². The lowest BCUT2D eigenvalue weighted by Gasteiger charge is -2.17. The molecule has 0 amide bonds. The van der Waals surface area contributed by atoms with E-state index in [1.807, 2.05) is 18.2 Å². The molecule has 0 fully saturated rings. The highest BCUT2D eigenvalue weighted by Gasteiger charge is 2.14. The summed E-state index contributed by atoms with van der Waals surface area (Å²) in [5.41, 5.74) is 0.183. The van der Waals surface area contributed by atoms with E-state index in [4.69, 9.17) is 9.47 Å². The highest BCUT2D eigenvalue weighted by molar-refractivity contribution is 9.09. The second kappa shape index (κ2) is 8.20. The van der Waals surface area contributed by atoms with Crippen LogP contribution in [-0.2, 0) is 16.0 Å². The van der Waals surface area contributed by atoms with Gasteiger partial charge in [0.25, 0.3) is 0 Å². The fourth-order valence-electron chi connectivity index (χ4n) is 1.78. The van der Waals surface area contributed by atoms with Crippen LogP contribution in [0.2, 0.25) is 0 Å². The number of esters is 1. The Morgan fingerprint density at radius 1 is 1.43 bits per heavy atom. The number of carbonyl (C=O) groups excluding carboxylic acids is 1. The minimum absolute atomic E-state index is 0.325. The van der Waals surface area contributed by atoms with Crippen molar-refractivity contribution in [3.05, 3.63) is 41.7 Å². The molecular weight excluding hydrogens is 336 g/mol. The van der Waals surface area contributed by atoms with E-state index in [-0.39, 0.29) is 0 Å². The fourth-order valence-corrected chi connectivity index (χ4v) is 2.06. The second-order valence-corrected chi connectivity index (χ2v) is 5.80. The van der Waals surface area contributed by atoms with Crippen molar-refractivity contribution in [3.8, 4) is 5.75 Å². The summed E-state index contributed by atoms with van der Waals surface area (Å²) >= 11 is 3.28. The SMILES string of the molecule is CCOC(=O)/C=C(/CBr)Oc1cccc(CC(C)(C)O)c1. The molecule has 4 nitrogen and oxygen atoms in total. The highest BCUT2D eigenvalue weighted by Crippen LogP contribution is 2.20. The van der Waals surface area contributed by atoms with Gasteiger partial charge >= 0.3 is 5.97 Å². The molecule has 0 unspecified atom stereocenters. The standard InChI is InChI=1S/C16H21BrO4/c1-4-20-15(18)9-14(11-17)21-13-7-5-6-12(8-13)10-16(2,3)19/h5-9,19H,4,10-11H2,1-3H3/b14-9-. The van der Waals surface area contributed by atoms with Gasteiger partial charge < -0.3 is 14.6 Å². The number of hydrogen-bond donors (Lipinski definition) is 1. The van der Waals surface area contributed by atoms with Crippen molar-refractivity contribution in [1.29, 1.82) is 0 Å². The summed E-state index contributed by atoms with van der Waals surface area (Å²) in [5.74, 6) is 0.653. The first-order valence-electron chi connectivity index (χ1n) is 6.76. The predicted molar refractivity (Wildman–Crippen MR) is 85.6 cm³/mol. The van der Waals surface area contributed by atoms with Gasteiger partial charge in [-0.25, -0.2) is 4.79 Å². The first-order chi connectivity index (χ1) is 9.84. The van der Waals surface area contributed by atoms with Crippen LogP contribution in [0.5, 0.6) is 5.75 Å². The fraction of sp³-hybridized carbons (Fsp3) is 0.438. The Labute approximate surface area is 133 Å². The van der Waals surface area contributed by atoms with Crippen LogP contribution in [0.4, 0.5) is 0 Å². The lowest BCUT2D eigenvalue weighted by Crippen LogP contribution is -2.21. The van der Waals surface area contributed by atoms with Crippen LogP contribution in [0, 0.1) is 0 Å². The van der Waals surface area contributed by atoms with Crippen molar-refractivity contribution in [3.63, 3.8) is 0 Å². The van der Waals surface area contributed by atoms with Crippen molar-refractivity contribution in [2.24, 2.45) is 0 Å². The molecule has 0 aliphatic heterocycles. The third-order valence-electron chi connectivity index (χ3n) is 2.48. The minimum Gasteiger partial charge on any atom is -0.463 e. The zero-order valence-corrected chi connectivity index (χ0v) is 14.1. The summed E-state index contributed by atoms with van der Waals surface area (Å²) in [6, 6.07) is 7.43. The third kappa shape index (κ3) is 7.29. The lowest BCUT2D eigenvalue weighted by molar-refractivity contribution is -0.137. The van der Waals surface area contributed by atoms with Crippen LogP contribution in [0.15, 0.2) is 36.1 Å². The number of halogens is 1. The molecule has 0 radical (unpaired) electrons. The molecular formula is C16H21BrO4. The average molecular weight is 357 g/mol. The topological polar surface area (TPSA) is 55.8 Å². The molecule has 0 aliphatic carbocycles. The molecule has 1 aromatic rings. The lowest BCUT2D eigenvalue weighted by atomic mass is 9.99. The number of benzene rings is 1. The zero-order valence-electron chi connectivity index (χ0n) is 12.6. The van der Waals surface area contributed by atoms with E-state index >= 15 is 0 Å². The van der Waals surface area contributed by atoms with Crippen LogP contribution in [-0.4, -0.2) is 28.6 Å². The van der Waals surface area contributed by atoms with Gasteiger partial charge in [-0.1, -0.05) is 28.1 Å². The summed E-state index contributed by atoms with van der Waals surface area (Å²) in [7, 11) is 0. The molecule has 0 saturated heterocycles. The van der Waals surface area contributed by atoms with E-state index in [9.17, 15) is 9.90 Å². The number of ether oxygens (including phenoxy) is 2. The van der Waals surface area contributed by atoms with Crippen LogP contribution in [0.3, 0.4) is 0 Å². The van der Waals surface area contributed by atoms with Gasteiger partial charge in [-0.2, -0.15) is 0 Å². The molecule has 1 N–H and O–H groups in total. The van der Waals surface area contributed by atoms with Gasteiger partial charge in [0.1, 0.15) is 11.5 Å². The summed E-state index contributed by atoms with van der Waals surface area (Å²) < 4.78 is 10.5. The van der Waals surface area contributed by atoms with Crippen LogP contribution < -0.4 is 4.74 Å². The monoisotopic (exact) mass is 356 g/mol. The number of carbonyl (C=O) groups is 1. The second-order valence-electron chi connectivity index (χ2n) is 5.24. The molecule has 0 saturated carbocycles. The van der Waals surface area contributed by atoms with Crippen molar-refractivity contribution in [2.45, 2.75) is 32.8 Å².